The number of rotatable bonds is 6. The van der Waals surface area contributed by atoms with Crippen LogP contribution in [0.3, 0.4) is 0 Å². The summed E-state index contributed by atoms with van der Waals surface area (Å²) in [5.41, 5.74) is 1.83. The molecule has 0 fully saturated rings. The number of aliphatic imine (C=N–C) groups is 1. The first kappa shape index (κ1) is 22.3. The molecular formula is C18H22ClFIN3O2. The Morgan fingerprint density at radius 3 is 2.42 bits per heavy atom. The standard InChI is InChI=1S/C18H21ClFN3O2.HI/c1-21-18(22-10-12-4-7-16(20)15(19)8-12)23-11-13-5-6-14(24-2)9-17(13)25-3;/h4-9H,10-11H2,1-3H3,(H2,21,22,23);1H. The lowest BCUT2D eigenvalue weighted by atomic mass is 10.2. The van der Waals surface area contributed by atoms with E-state index in [2.05, 4.69) is 15.6 Å². The SMILES string of the molecule is CN=C(NCc1ccc(F)c(Cl)c1)NCc1ccc(OC)cc1OC.I. The van der Waals surface area contributed by atoms with E-state index in [1.165, 1.54) is 6.07 Å². The van der Waals surface area contributed by atoms with E-state index >= 15 is 0 Å². The Bertz CT molecular complexity index is 759. The number of hydrogen-bond donors (Lipinski definition) is 2. The minimum Gasteiger partial charge on any atom is -0.497 e. The summed E-state index contributed by atoms with van der Waals surface area (Å²) in [6.45, 7) is 0.996. The molecule has 0 saturated heterocycles. The fourth-order valence-electron chi connectivity index (χ4n) is 2.23. The zero-order valence-electron chi connectivity index (χ0n) is 14.8. The van der Waals surface area contributed by atoms with Crippen molar-refractivity contribution in [3.05, 3.63) is 58.4 Å². The van der Waals surface area contributed by atoms with Crippen LogP contribution in [0.4, 0.5) is 4.39 Å². The van der Waals surface area contributed by atoms with Crippen molar-refractivity contribution in [3.63, 3.8) is 0 Å². The van der Waals surface area contributed by atoms with Crippen LogP contribution in [-0.4, -0.2) is 27.2 Å². The lowest BCUT2D eigenvalue weighted by Gasteiger charge is -2.14. The Morgan fingerprint density at radius 2 is 1.81 bits per heavy atom. The summed E-state index contributed by atoms with van der Waals surface area (Å²) >= 11 is 5.79. The smallest absolute Gasteiger partial charge is 0.191 e. The molecule has 0 aromatic heterocycles. The number of benzene rings is 2. The van der Waals surface area contributed by atoms with Crippen LogP contribution >= 0.6 is 35.6 Å². The monoisotopic (exact) mass is 493 g/mol. The molecule has 2 aromatic rings. The average molecular weight is 494 g/mol. The van der Waals surface area contributed by atoms with E-state index in [0.717, 1.165) is 22.6 Å². The molecule has 0 saturated carbocycles. The molecule has 0 bridgehead atoms. The van der Waals surface area contributed by atoms with Crippen molar-refractivity contribution < 1.29 is 13.9 Å². The Morgan fingerprint density at radius 1 is 1.08 bits per heavy atom. The molecule has 0 aliphatic carbocycles. The predicted octanol–water partition coefficient (Wildman–Crippen LogP) is 3.98. The molecule has 0 amide bonds. The maximum atomic E-state index is 13.2. The van der Waals surface area contributed by atoms with E-state index in [9.17, 15) is 4.39 Å². The van der Waals surface area contributed by atoms with Crippen LogP contribution in [0.25, 0.3) is 0 Å². The molecule has 0 aliphatic heterocycles. The highest BCUT2D eigenvalue weighted by Gasteiger charge is 2.07. The van der Waals surface area contributed by atoms with Gasteiger partial charge in [-0.2, -0.15) is 0 Å². The molecule has 0 atom stereocenters. The molecule has 0 aliphatic rings. The average Bonchev–Trinajstić information content (AvgIpc) is 2.64. The number of hydrogen-bond acceptors (Lipinski definition) is 3. The number of nitrogens with one attached hydrogen (secondary N) is 2. The summed E-state index contributed by atoms with van der Waals surface area (Å²) in [6, 6.07) is 10.2. The van der Waals surface area contributed by atoms with Gasteiger partial charge in [0.25, 0.3) is 0 Å². The third-order valence-corrected chi connectivity index (χ3v) is 3.90. The van der Waals surface area contributed by atoms with Crippen molar-refractivity contribution in [1.29, 1.82) is 0 Å². The van der Waals surface area contributed by atoms with Gasteiger partial charge in [-0.3, -0.25) is 4.99 Å². The molecule has 2 rings (SSSR count). The van der Waals surface area contributed by atoms with E-state index < -0.39 is 5.82 Å². The van der Waals surface area contributed by atoms with Crippen molar-refractivity contribution in [1.82, 2.24) is 10.6 Å². The molecule has 0 radical (unpaired) electrons. The summed E-state index contributed by atoms with van der Waals surface area (Å²) < 4.78 is 23.8. The van der Waals surface area contributed by atoms with Crippen LogP contribution in [0.1, 0.15) is 11.1 Å². The fraction of sp³-hybridized carbons (Fsp3) is 0.278. The van der Waals surface area contributed by atoms with Crippen molar-refractivity contribution in [2.45, 2.75) is 13.1 Å². The zero-order chi connectivity index (χ0) is 18.2. The van der Waals surface area contributed by atoms with Gasteiger partial charge in [0, 0.05) is 31.8 Å². The van der Waals surface area contributed by atoms with Crippen molar-refractivity contribution in [3.8, 4) is 11.5 Å². The Labute approximate surface area is 175 Å². The lowest BCUT2D eigenvalue weighted by molar-refractivity contribution is 0.390. The Balaban J connectivity index is 0.00000338. The quantitative estimate of drug-likeness (QED) is 0.363. The van der Waals surface area contributed by atoms with E-state index in [4.69, 9.17) is 21.1 Å². The predicted molar refractivity (Wildman–Crippen MR) is 113 cm³/mol. The van der Waals surface area contributed by atoms with Crippen LogP contribution in [0.2, 0.25) is 5.02 Å². The largest absolute Gasteiger partial charge is 0.497 e. The molecule has 142 valence electrons. The Hall–Kier alpha value is -1.74. The van der Waals surface area contributed by atoms with E-state index in [1.807, 2.05) is 18.2 Å². The number of nitrogens with zero attached hydrogens (tertiary/aromatic N) is 1. The van der Waals surface area contributed by atoms with Crippen LogP contribution < -0.4 is 20.1 Å². The van der Waals surface area contributed by atoms with Gasteiger partial charge in [-0.05, 0) is 29.8 Å². The van der Waals surface area contributed by atoms with E-state index in [1.54, 1.807) is 33.4 Å². The van der Waals surface area contributed by atoms with Gasteiger partial charge in [0.15, 0.2) is 5.96 Å². The maximum absolute atomic E-state index is 13.2. The highest BCUT2D eigenvalue weighted by Crippen LogP contribution is 2.24. The Kier molecular flexibility index (Phi) is 9.50. The van der Waals surface area contributed by atoms with Crippen LogP contribution in [0.15, 0.2) is 41.4 Å². The molecule has 2 aromatic carbocycles. The molecule has 0 heterocycles. The summed E-state index contributed by atoms with van der Waals surface area (Å²) in [5, 5.41) is 6.46. The van der Waals surface area contributed by atoms with Gasteiger partial charge in [-0.1, -0.05) is 17.7 Å². The maximum Gasteiger partial charge on any atom is 0.191 e. The molecule has 8 heteroatoms. The van der Waals surface area contributed by atoms with Gasteiger partial charge in [0.2, 0.25) is 0 Å². The first-order chi connectivity index (χ1) is 12.1. The summed E-state index contributed by atoms with van der Waals surface area (Å²) in [5.74, 6) is 1.64. The van der Waals surface area contributed by atoms with Gasteiger partial charge < -0.3 is 20.1 Å². The fourth-order valence-corrected chi connectivity index (χ4v) is 2.44. The van der Waals surface area contributed by atoms with E-state index in [-0.39, 0.29) is 29.0 Å². The van der Waals surface area contributed by atoms with Crippen molar-refractivity contribution >= 4 is 41.5 Å². The van der Waals surface area contributed by atoms with Gasteiger partial charge in [-0.25, -0.2) is 4.39 Å². The summed E-state index contributed by atoms with van der Waals surface area (Å²) in [6.07, 6.45) is 0. The third kappa shape index (κ3) is 6.21. The minimum absolute atomic E-state index is 0. The molecule has 0 unspecified atom stereocenters. The third-order valence-electron chi connectivity index (χ3n) is 3.61. The highest BCUT2D eigenvalue weighted by molar-refractivity contribution is 14.0. The van der Waals surface area contributed by atoms with Gasteiger partial charge in [-0.15, -0.1) is 24.0 Å². The summed E-state index contributed by atoms with van der Waals surface area (Å²) in [4.78, 5) is 4.17. The molecule has 5 nitrogen and oxygen atoms in total. The number of ether oxygens (including phenoxy) is 2. The first-order valence-electron chi connectivity index (χ1n) is 7.66. The lowest BCUT2D eigenvalue weighted by Crippen LogP contribution is -2.36. The van der Waals surface area contributed by atoms with Crippen LogP contribution in [0, 0.1) is 5.82 Å². The first-order valence-corrected chi connectivity index (χ1v) is 8.04. The topological polar surface area (TPSA) is 54.9 Å². The zero-order valence-corrected chi connectivity index (χ0v) is 17.9. The molecular weight excluding hydrogens is 472 g/mol. The molecule has 2 N–H and O–H groups in total. The summed E-state index contributed by atoms with van der Waals surface area (Å²) in [7, 11) is 4.90. The second-order valence-corrected chi connectivity index (χ2v) is 5.61. The second kappa shape index (κ2) is 11.1. The highest BCUT2D eigenvalue weighted by atomic mass is 127. The minimum atomic E-state index is -0.431. The molecule has 26 heavy (non-hydrogen) atoms. The molecule has 0 spiro atoms. The van der Waals surface area contributed by atoms with Gasteiger partial charge in [0.1, 0.15) is 17.3 Å². The number of methoxy groups -OCH3 is 2. The van der Waals surface area contributed by atoms with E-state index in [0.29, 0.717) is 19.0 Å². The number of guanidine groups is 1. The van der Waals surface area contributed by atoms with Crippen molar-refractivity contribution in [2.75, 3.05) is 21.3 Å². The second-order valence-electron chi connectivity index (χ2n) is 5.21. The number of halogens is 3. The van der Waals surface area contributed by atoms with Crippen LogP contribution in [0.5, 0.6) is 11.5 Å². The normalized spacial score (nSPS) is 10.7. The van der Waals surface area contributed by atoms with Gasteiger partial charge in [0.05, 0.1) is 19.2 Å². The van der Waals surface area contributed by atoms with Crippen LogP contribution in [-0.2, 0) is 13.1 Å². The van der Waals surface area contributed by atoms with Crippen molar-refractivity contribution in [2.24, 2.45) is 4.99 Å². The van der Waals surface area contributed by atoms with Gasteiger partial charge >= 0.3 is 0 Å².